The predicted octanol–water partition coefficient (Wildman–Crippen LogP) is 3.46. The lowest BCUT2D eigenvalue weighted by Gasteiger charge is -2.13. The van der Waals surface area contributed by atoms with Gasteiger partial charge in [-0.2, -0.15) is 11.8 Å². The van der Waals surface area contributed by atoms with Crippen molar-refractivity contribution in [3.05, 3.63) is 29.8 Å². The van der Waals surface area contributed by atoms with Crippen LogP contribution in [0.3, 0.4) is 0 Å². The summed E-state index contributed by atoms with van der Waals surface area (Å²) in [4.78, 5) is 0. The molecule has 2 rings (SSSR count). The summed E-state index contributed by atoms with van der Waals surface area (Å²) in [5.74, 6) is 0.955. The maximum absolute atomic E-state index is 5.63. The molecule has 1 aromatic rings. The third kappa shape index (κ3) is 3.92. The van der Waals surface area contributed by atoms with Crippen LogP contribution in [0, 0.1) is 0 Å². The van der Waals surface area contributed by atoms with Crippen LogP contribution in [0.15, 0.2) is 24.3 Å². The van der Waals surface area contributed by atoms with Crippen molar-refractivity contribution in [2.45, 2.75) is 44.1 Å². The number of hydrogen-bond acceptors (Lipinski definition) is 3. The fourth-order valence-corrected chi connectivity index (χ4v) is 2.74. The molecule has 0 aliphatic heterocycles. The molecule has 0 spiro atoms. The van der Waals surface area contributed by atoms with Crippen LogP contribution in [0.25, 0.3) is 0 Å². The molecule has 3 heteroatoms. The van der Waals surface area contributed by atoms with Gasteiger partial charge >= 0.3 is 0 Å². The zero-order valence-corrected chi connectivity index (χ0v) is 12.3. The van der Waals surface area contributed by atoms with Gasteiger partial charge in [0.1, 0.15) is 5.75 Å². The molecule has 0 amide bonds. The maximum atomic E-state index is 5.63. The van der Waals surface area contributed by atoms with Crippen LogP contribution in [0.4, 0.5) is 0 Å². The summed E-state index contributed by atoms with van der Waals surface area (Å²) in [6.45, 7) is 6.17. The quantitative estimate of drug-likeness (QED) is 0.816. The normalized spacial score (nSPS) is 16.9. The van der Waals surface area contributed by atoms with Gasteiger partial charge in [-0.05, 0) is 50.6 Å². The van der Waals surface area contributed by atoms with Crippen molar-refractivity contribution in [1.29, 1.82) is 0 Å². The van der Waals surface area contributed by atoms with Crippen LogP contribution < -0.4 is 10.1 Å². The minimum atomic E-state index is 0.241. The van der Waals surface area contributed by atoms with Gasteiger partial charge in [0, 0.05) is 17.8 Å². The van der Waals surface area contributed by atoms with Crippen molar-refractivity contribution < 1.29 is 4.74 Å². The van der Waals surface area contributed by atoms with Crippen molar-refractivity contribution in [1.82, 2.24) is 5.32 Å². The van der Waals surface area contributed by atoms with E-state index in [2.05, 4.69) is 35.8 Å². The summed E-state index contributed by atoms with van der Waals surface area (Å²) in [6.07, 6.45) is 5.18. The second-order valence-electron chi connectivity index (χ2n) is 5.30. The highest BCUT2D eigenvalue weighted by molar-refractivity contribution is 8.00. The number of ether oxygens (including phenoxy) is 1. The molecule has 0 saturated heterocycles. The van der Waals surface area contributed by atoms with Crippen LogP contribution in [-0.2, 0) is 6.54 Å². The summed E-state index contributed by atoms with van der Waals surface area (Å²) >= 11 is 2.00. The Balaban J connectivity index is 1.76. The average molecular weight is 265 g/mol. The average Bonchev–Trinajstić information content (AvgIpc) is 3.11. The molecule has 1 N–H and O–H groups in total. The summed E-state index contributed by atoms with van der Waals surface area (Å²) < 4.78 is 6.17. The van der Waals surface area contributed by atoms with Crippen LogP contribution in [-0.4, -0.2) is 23.7 Å². The molecular formula is C15H23NOS. The summed E-state index contributed by atoms with van der Waals surface area (Å²) in [7, 11) is 0. The van der Waals surface area contributed by atoms with Crippen LogP contribution in [0.1, 0.15) is 32.3 Å². The summed E-state index contributed by atoms with van der Waals surface area (Å²) in [5.41, 5.74) is 1.32. The van der Waals surface area contributed by atoms with E-state index in [0.29, 0.717) is 4.75 Å². The molecule has 1 aromatic carbocycles. The van der Waals surface area contributed by atoms with Gasteiger partial charge in [-0.1, -0.05) is 12.1 Å². The first-order valence-electron chi connectivity index (χ1n) is 6.65. The Bertz CT molecular complexity index is 371. The van der Waals surface area contributed by atoms with E-state index in [4.69, 9.17) is 4.74 Å². The van der Waals surface area contributed by atoms with E-state index in [1.807, 2.05) is 25.6 Å². The second-order valence-corrected chi connectivity index (χ2v) is 6.58. The van der Waals surface area contributed by atoms with Crippen molar-refractivity contribution in [3.8, 4) is 5.75 Å². The lowest BCUT2D eigenvalue weighted by Crippen LogP contribution is -2.25. The zero-order valence-electron chi connectivity index (χ0n) is 11.5. The second kappa shape index (κ2) is 5.98. The number of hydrogen-bond donors (Lipinski definition) is 1. The van der Waals surface area contributed by atoms with E-state index in [9.17, 15) is 0 Å². The third-order valence-electron chi connectivity index (χ3n) is 3.31. The van der Waals surface area contributed by atoms with Crippen molar-refractivity contribution in [2.24, 2.45) is 0 Å². The minimum Gasteiger partial charge on any atom is -0.491 e. The Labute approximate surface area is 114 Å². The van der Waals surface area contributed by atoms with Gasteiger partial charge in [-0.25, -0.2) is 0 Å². The van der Waals surface area contributed by atoms with Gasteiger partial charge in [-0.15, -0.1) is 0 Å². The monoisotopic (exact) mass is 265 g/mol. The van der Waals surface area contributed by atoms with Gasteiger partial charge in [0.2, 0.25) is 0 Å². The fourth-order valence-electron chi connectivity index (χ4n) is 1.99. The standard InChI is InChI=1S/C15H23NOS/c1-12(2)17-14-6-4-13(5-7-14)10-16-11-15(18-3)8-9-15/h4-7,12,16H,8-11H2,1-3H3. The summed E-state index contributed by atoms with van der Waals surface area (Å²) in [5, 5.41) is 3.55. The van der Waals surface area contributed by atoms with E-state index in [0.717, 1.165) is 18.8 Å². The molecule has 1 saturated carbocycles. The van der Waals surface area contributed by atoms with Gasteiger partial charge < -0.3 is 10.1 Å². The topological polar surface area (TPSA) is 21.3 Å². The van der Waals surface area contributed by atoms with E-state index < -0.39 is 0 Å². The van der Waals surface area contributed by atoms with Crippen LogP contribution in [0.5, 0.6) is 5.75 Å². The molecule has 0 bridgehead atoms. The molecule has 0 aromatic heterocycles. The summed E-state index contributed by atoms with van der Waals surface area (Å²) in [6, 6.07) is 8.39. The van der Waals surface area contributed by atoms with Crippen molar-refractivity contribution in [3.63, 3.8) is 0 Å². The Morgan fingerprint density at radius 3 is 2.44 bits per heavy atom. The van der Waals surface area contributed by atoms with Crippen molar-refractivity contribution >= 4 is 11.8 Å². The highest BCUT2D eigenvalue weighted by Gasteiger charge is 2.41. The molecule has 2 nitrogen and oxygen atoms in total. The third-order valence-corrected chi connectivity index (χ3v) is 4.73. The number of benzene rings is 1. The largest absolute Gasteiger partial charge is 0.491 e. The lowest BCUT2D eigenvalue weighted by molar-refractivity contribution is 0.242. The van der Waals surface area contributed by atoms with Crippen LogP contribution in [0.2, 0.25) is 0 Å². The molecule has 1 aliphatic carbocycles. The molecule has 0 radical (unpaired) electrons. The molecule has 18 heavy (non-hydrogen) atoms. The fraction of sp³-hybridized carbons (Fsp3) is 0.600. The molecule has 100 valence electrons. The number of thioether (sulfide) groups is 1. The van der Waals surface area contributed by atoms with E-state index >= 15 is 0 Å². The zero-order chi connectivity index (χ0) is 13.0. The predicted molar refractivity (Wildman–Crippen MR) is 79.4 cm³/mol. The Kier molecular flexibility index (Phi) is 4.57. The molecule has 1 fully saturated rings. The van der Waals surface area contributed by atoms with Gasteiger partial charge in [0.05, 0.1) is 6.10 Å². The van der Waals surface area contributed by atoms with E-state index in [-0.39, 0.29) is 6.10 Å². The van der Waals surface area contributed by atoms with Gasteiger partial charge in [0.15, 0.2) is 0 Å². The molecule has 0 unspecified atom stereocenters. The Morgan fingerprint density at radius 1 is 1.28 bits per heavy atom. The highest BCUT2D eigenvalue weighted by atomic mass is 32.2. The minimum absolute atomic E-state index is 0.241. The molecule has 0 atom stereocenters. The van der Waals surface area contributed by atoms with E-state index in [1.54, 1.807) is 0 Å². The lowest BCUT2D eigenvalue weighted by atomic mass is 10.2. The van der Waals surface area contributed by atoms with Crippen LogP contribution >= 0.6 is 11.8 Å². The first-order chi connectivity index (χ1) is 8.63. The smallest absolute Gasteiger partial charge is 0.119 e. The first kappa shape index (κ1) is 13.8. The maximum Gasteiger partial charge on any atom is 0.119 e. The molecule has 1 aliphatic rings. The van der Waals surface area contributed by atoms with Gasteiger partial charge in [0.25, 0.3) is 0 Å². The van der Waals surface area contributed by atoms with Gasteiger partial charge in [-0.3, -0.25) is 0 Å². The highest BCUT2D eigenvalue weighted by Crippen LogP contribution is 2.46. The Hall–Kier alpha value is -0.670. The Morgan fingerprint density at radius 2 is 1.94 bits per heavy atom. The van der Waals surface area contributed by atoms with E-state index in [1.165, 1.54) is 18.4 Å². The first-order valence-corrected chi connectivity index (χ1v) is 7.87. The molecular weight excluding hydrogens is 242 g/mol. The molecule has 0 heterocycles. The SMILES string of the molecule is CSC1(CNCc2ccc(OC(C)C)cc2)CC1. The van der Waals surface area contributed by atoms with Crippen molar-refractivity contribution in [2.75, 3.05) is 12.8 Å². The number of rotatable bonds is 7. The number of nitrogens with one attached hydrogen (secondary N) is 1.